The minimum absolute atomic E-state index is 0.221. The van der Waals surface area contributed by atoms with Gasteiger partial charge in [-0.1, -0.05) is 34.6 Å². The molecule has 0 aromatic carbocycles. The van der Waals surface area contributed by atoms with Crippen molar-refractivity contribution in [1.29, 1.82) is 0 Å². The van der Waals surface area contributed by atoms with E-state index in [9.17, 15) is 4.79 Å². The third-order valence-corrected chi connectivity index (χ3v) is 2.15. The topological polar surface area (TPSA) is 26.3 Å². The Balaban J connectivity index is 3.42. The second-order valence-electron chi connectivity index (χ2n) is 5.22. The molecular weight excluding hydrogens is 176 g/mol. The van der Waals surface area contributed by atoms with Crippen LogP contribution in [0.4, 0.5) is 0 Å². The molecule has 0 radical (unpaired) electrons. The normalized spacial score (nSPS) is 12.1. The van der Waals surface area contributed by atoms with Crippen LogP contribution in [0.2, 0.25) is 0 Å². The van der Waals surface area contributed by atoms with Gasteiger partial charge in [0.25, 0.3) is 0 Å². The fraction of sp³-hybridized carbons (Fsp3) is 0.917. The molecule has 0 fully saturated rings. The van der Waals surface area contributed by atoms with E-state index in [0.717, 1.165) is 13.0 Å². The Hall–Kier alpha value is -0.370. The number of rotatable bonds is 6. The molecule has 0 N–H and O–H groups in total. The lowest BCUT2D eigenvalue weighted by atomic mass is 9.89. The van der Waals surface area contributed by atoms with E-state index >= 15 is 0 Å². The molecule has 0 rings (SSSR count). The molecule has 2 heteroatoms. The van der Waals surface area contributed by atoms with Crippen LogP contribution >= 0.6 is 0 Å². The van der Waals surface area contributed by atoms with E-state index in [1.165, 1.54) is 0 Å². The Morgan fingerprint density at radius 3 is 2.21 bits per heavy atom. The van der Waals surface area contributed by atoms with E-state index in [-0.39, 0.29) is 11.2 Å². The molecule has 0 amide bonds. The molecular formula is C12H24O2. The molecule has 14 heavy (non-hydrogen) atoms. The van der Waals surface area contributed by atoms with Gasteiger partial charge >= 0.3 is 0 Å². The summed E-state index contributed by atoms with van der Waals surface area (Å²) in [6.07, 6.45) is 1.62. The summed E-state index contributed by atoms with van der Waals surface area (Å²) in [5.74, 6) is 0.954. The minimum atomic E-state index is -0.221. The zero-order valence-corrected chi connectivity index (χ0v) is 10.2. The van der Waals surface area contributed by atoms with E-state index in [1.807, 2.05) is 20.8 Å². The van der Waals surface area contributed by atoms with Gasteiger partial charge in [-0.3, -0.25) is 4.79 Å². The van der Waals surface area contributed by atoms with Crippen molar-refractivity contribution >= 4 is 5.78 Å². The summed E-state index contributed by atoms with van der Waals surface area (Å²) in [5.41, 5.74) is -0.221. The van der Waals surface area contributed by atoms with Crippen molar-refractivity contribution < 1.29 is 9.53 Å². The molecule has 0 saturated heterocycles. The van der Waals surface area contributed by atoms with Crippen LogP contribution in [0, 0.1) is 11.3 Å². The van der Waals surface area contributed by atoms with Crippen molar-refractivity contribution in [2.24, 2.45) is 11.3 Å². The van der Waals surface area contributed by atoms with Crippen LogP contribution in [-0.2, 0) is 9.53 Å². The lowest BCUT2D eigenvalue weighted by Gasteiger charge is -2.16. The second-order valence-corrected chi connectivity index (χ2v) is 5.22. The van der Waals surface area contributed by atoms with Gasteiger partial charge in [-0.15, -0.1) is 0 Å². The second kappa shape index (κ2) is 6.18. The molecule has 0 aliphatic carbocycles. The van der Waals surface area contributed by atoms with Crippen molar-refractivity contribution in [2.45, 2.75) is 47.5 Å². The molecule has 0 aliphatic heterocycles. The first-order chi connectivity index (χ1) is 6.34. The molecule has 0 aliphatic rings. The van der Waals surface area contributed by atoms with Gasteiger partial charge in [-0.05, 0) is 12.3 Å². The Kier molecular flexibility index (Phi) is 6.01. The summed E-state index contributed by atoms with van der Waals surface area (Å²) in [6, 6.07) is 0. The molecule has 0 heterocycles. The van der Waals surface area contributed by atoms with Crippen LogP contribution in [0.3, 0.4) is 0 Å². The van der Waals surface area contributed by atoms with Crippen molar-refractivity contribution in [3.05, 3.63) is 0 Å². The highest BCUT2D eigenvalue weighted by molar-refractivity contribution is 5.83. The molecule has 0 atom stereocenters. The van der Waals surface area contributed by atoms with Gasteiger partial charge in [0.2, 0.25) is 0 Å². The van der Waals surface area contributed by atoms with Gasteiger partial charge in [0.15, 0.2) is 0 Å². The third kappa shape index (κ3) is 7.07. The van der Waals surface area contributed by atoms with Crippen LogP contribution < -0.4 is 0 Å². The van der Waals surface area contributed by atoms with Crippen molar-refractivity contribution in [2.75, 3.05) is 13.2 Å². The SMILES string of the molecule is CC(C)CCOCCC(=O)C(C)(C)C. The molecule has 0 aromatic rings. The average molecular weight is 200 g/mol. The number of hydrogen-bond donors (Lipinski definition) is 0. The van der Waals surface area contributed by atoms with Crippen molar-refractivity contribution in [3.63, 3.8) is 0 Å². The predicted octanol–water partition coefficient (Wildman–Crippen LogP) is 3.05. The Bertz CT molecular complexity index is 166. The van der Waals surface area contributed by atoms with Crippen LogP contribution in [0.1, 0.15) is 47.5 Å². The fourth-order valence-corrected chi connectivity index (χ4v) is 0.961. The van der Waals surface area contributed by atoms with Crippen molar-refractivity contribution in [1.82, 2.24) is 0 Å². The number of hydrogen-bond acceptors (Lipinski definition) is 2. The highest BCUT2D eigenvalue weighted by Gasteiger charge is 2.20. The Labute approximate surface area is 88.0 Å². The summed E-state index contributed by atoms with van der Waals surface area (Å²) >= 11 is 0. The van der Waals surface area contributed by atoms with Crippen LogP contribution in [-0.4, -0.2) is 19.0 Å². The molecule has 2 nitrogen and oxygen atoms in total. The van der Waals surface area contributed by atoms with E-state index < -0.39 is 0 Å². The molecule has 0 spiro atoms. The molecule has 0 saturated carbocycles. The summed E-state index contributed by atoms with van der Waals surface area (Å²) in [4.78, 5) is 11.5. The van der Waals surface area contributed by atoms with E-state index in [1.54, 1.807) is 0 Å². The average Bonchev–Trinajstić information content (AvgIpc) is 2.01. The van der Waals surface area contributed by atoms with Crippen molar-refractivity contribution in [3.8, 4) is 0 Å². The predicted molar refractivity (Wildman–Crippen MR) is 59.4 cm³/mol. The summed E-state index contributed by atoms with van der Waals surface area (Å²) in [5, 5.41) is 0. The van der Waals surface area contributed by atoms with E-state index in [4.69, 9.17) is 4.74 Å². The Morgan fingerprint density at radius 2 is 1.79 bits per heavy atom. The molecule has 0 bridgehead atoms. The molecule has 0 unspecified atom stereocenters. The maximum Gasteiger partial charge on any atom is 0.140 e. The summed E-state index contributed by atoms with van der Waals surface area (Å²) < 4.78 is 5.39. The van der Waals surface area contributed by atoms with Gasteiger partial charge in [-0.25, -0.2) is 0 Å². The van der Waals surface area contributed by atoms with Gasteiger partial charge in [0.05, 0.1) is 6.61 Å². The molecule has 84 valence electrons. The first-order valence-corrected chi connectivity index (χ1v) is 5.45. The monoisotopic (exact) mass is 200 g/mol. The minimum Gasteiger partial charge on any atom is -0.381 e. The first kappa shape index (κ1) is 13.6. The van der Waals surface area contributed by atoms with E-state index in [0.29, 0.717) is 18.9 Å². The van der Waals surface area contributed by atoms with Gasteiger partial charge < -0.3 is 4.74 Å². The zero-order valence-electron chi connectivity index (χ0n) is 10.2. The highest BCUT2D eigenvalue weighted by atomic mass is 16.5. The lowest BCUT2D eigenvalue weighted by Crippen LogP contribution is -2.21. The zero-order chi connectivity index (χ0) is 11.2. The quantitative estimate of drug-likeness (QED) is 0.616. The van der Waals surface area contributed by atoms with Gasteiger partial charge in [0, 0.05) is 18.4 Å². The largest absolute Gasteiger partial charge is 0.381 e. The maximum absolute atomic E-state index is 11.5. The van der Waals surface area contributed by atoms with Crippen LogP contribution in [0.5, 0.6) is 0 Å². The Morgan fingerprint density at radius 1 is 1.21 bits per heavy atom. The number of ether oxygens (including phenoxy) is 1. The number of carbonyl (C=O) groups excluding carboxylic acids is 1. The standard InChI is InChI=1S/C12H24O2/c1-10(2)6-8-14-9-7-11(13)12(3,4)5/h10H,6-9H2,1-5H3. The summed E-state index contributed by atoms with van der Waals surface area (Å²) in [6.45, 7) is 11.5. The fourth-order valence-electron chi connectivity index (χ4n) is 0.961. The summed E-state index contributed by atoms with van der Waals surface area (Å²) in [7, 11) is 0. The van der Waals surface area contributed by atoms with Crippen LogP contribution in [0.25, 0.3) is 0 Å². The molecule has 0 aromatic heterocycles. The first-order valence-electron chi connectivity index (χ1n) is 5.45. The van der Waals surface area contributed by atoms with E-state index in [2.05, 4.69) is 13.8 Å². The number of ketones is 1. The van der Waals surface area contributed by atoms with Gasteiger partial charge in [0.1, 0.15) is 5.78 Å². The van der Waals surface area contributed by atoms with Crippen LogP contribution in [0.15, 0.2) is 0 Å². The smallest absolute Gasteiger partial charge is 0.140 e. The third-order valence-electron chi connectivity index (χ3n) is 2.15. The number of carbonyl (C=O) groups is 1. The lowest BCUT2D eigenvalue weighted by molar-refractivity contribution is -0.127. The maximum atomic E-state index is 11.5. The highest BCUT2D eigenvalue weighted by Crippen LogP contribution is 2.16. The number of Topliss-reactive ketones (excluding diaryl/α,β-unsaturated/α-hetero) is 1. The van der Waals surface area contributed by atoms with Gasteiger partial charge in [-0.2, -0.15) is 0 Å².